The fourth-order valence-corrected chi connectivity index (χ4v) is 2.39. The quantitative estimate of drug-likeness (QED) is 0.636. The first kappa shape index (κ1) is 8.35. The van der Waals surface area contributed by atoms with Gasteiger partial charge in [-0.3, -0.25) is 0 Å². The molecule has 2 aromatic rings. The summed E-state index contributed by atoms with van der Waals surface area (Å²) in [6.07, 6.45) is 0. The third-order valence-electron chi connectivity index (χ3n) is 1.63. The lowest BCUT2D eigenvalue weighted by atomic mass is 10.2. The van der Waals surface area contributed by atoms with Crippen LogP contribution in [0.2, 0.25) is 5.02 Å². The molecule has 1 heterocycles. The molecule has 0 saturated carbocycles. The molecule has 62 valence electrons. The monoisotopic (exact) mass is 218 g/mol. The zero-order chi connectivity index (χ0) is 8.72. The van der Waals surface area contributed by atoms with Crippen molar-refractivity contribution in [3.8, 4) is 0 Å². The first-order chi connectivity index (χ1) is 5.70. The van der Waals surface area contributed by atoms with Crippen LogP contribution in [0.25, 0.3) is 10.1 Å². The van der Waals surface area contributed by atoms with Crippen molar-refractivity contribution in [3.05, 3.63) is 28.4 Å². The molecule has 0 nitrogen and oxygen atoms in total. The van der Waals surface area contributed by atoms with Crippen molar-refractivity contribution in [3.63, 3.8) is 0 Å². The molecule has 0 unspecified atom stereocenters. The van der Waals surface area contributed by atoms with E-state index in [2.05, 4.69) is 12.6 Å². The second-order valence-corrected chi connectivity index (χ2v) is 4.13. The Morgan fingerprint density at radius 2 is 2.25 bits per heavy atom. The molecule has 1 aromatic heterocycles. The number of fused-ring (bicyclic) bond motifs is 1. The summed E-state index contributed by atoms with van der Waals surface area (Å²) in [7, 11) is 0. The van der Waals surface area contributed by atoms with Crippen LogP contribution in [0.5, 0.6) is 0 Å². The Morgan fingerprint density at radius 1 is 1.50 bits per heavy atom. The minimum atomic E-state index is -0.406. The second kappa shape index (κ2) is 2.91. The van der Waals surface area contributed by atoms with Crippen molar-refractivity contribution in [2.75, 3.05) is 0 Å². The number of thiophene rings is 1. The summed E-state index contributed by atoms with van der Waals surface area (Å²) < 4.78 is 13.9. The van der Waals surface area contributed by atoms with Crippen LogP contribution in [0.3, 0.4) is 0 Å². The fourth-order valence-electron chi connectivity index (χ4n) is 1.04. The molecule has 2 rings (SSSR count). The highest BCUT2D eigenvalue weighted by Crippen LogP contribution is 2.34. The summed E-state index contributed by atoms with van der Waals surface area (Å²) in [5, 5.41) is 2.90. The molecule has 0 saturated heterocycles. The Labute approximate surface area is 83.4 Å². The largest absolute Gasteiger partial charge is 0.205 e. The summed E-state index contributed by atoms with van der Waals surface area (Å²) in [6, 6.07) is 3.32. The van der Waals surface area contributed by atoms with Gasteiger partial charge in [0.15, 0.2) is 0 Å². The molecule has 0 radical (unpaired) electrons. The van der Waals surface area contributed by atoms with E-state index in [1.807, 2.05) is 11.4 Å². The summed E-state index contributed by atoms with van der Waals surface area (Å²) >= 11 is 11.3. The van der Waals surface area contributed by atoms with E-state index in [1.54, 1.807) is 0 Å². The first-order valence-electron chi connectivity index (χ1n) is 3.24. The Bertz CT molecular complexity index is 436. The van der Waals surface area contributed by atoms with Crippen LogP contribution < -0.4 is 0 Å². The molecule has 1 aromatic carbocycles. The molecule has 4 heteroatoms. The number of halogens is 2. The molecule has 0 aliphatic heterocycles. The Morgan fingerprint density at radius 3 is 3.00 bits per heavy atom. The van der Waals surface area contributed by atoms with E-state index in [4.69, 9.17) is 11.6 Å². The van der Waals surface area contributed by atoms with E-state index >= 15 is 0 Å². The van der Waals surface area contributed by atoms with Gasteiger partial charge in [-0.1, -0.05) is 11.6 Å². The number of thiol groups is 1. The maximum absolute atomic E-state index is 13.0. The van der Waals surface area contributed by atoms with Crippen LogP contribution >= 0.6 is 35.6 Å². The van der Waals surface area contributed by atoms with Crippen LogP contribution in [-0.2, 0) is 0 Å². The molecule has 12 heavy (non-hydrogen) atoms. The van der Waals surface area contributed by atoms with E-state index in [1.165, 1.54) is 17.4 Å². The van der Waals surface area contributed by atoms with Gasteiger partial charge >= 0.3 is 0 Å². The molecule has 0 amide bonds. The van der Waals surface area contributed by atoms with Crippen LogP contribution in [0, 0.1) is 5.82 Å². The fraction of sp³-hybridized carbons (Fsp3) is 0. The topological polar surface area (TPSA) is 0 Å². The number of hydrogen-bond acceptors (Lipinski definition) is 2. The van der Waals surface area contributed by atoms with Crippen LogP contribution in [-0.4, -0.2) is 0 Å². The predicted molar refractivity (Wildman–Crippen MR) is 54.0 cm³/mol. The van der Waals surface area contributed by atoms with Gasteiger partial charge in [0, 0.05) is 15.0 Å². The van der Waals surface area contributed by atoms with Crippen molar-refractivity contribution in [2.24, 2.45) is 0 Å². The zero-order valence-corrected chi connectivity index (χ0v) is 8.31. The van der Waals surface area contributed by atoms with Crippen molar-refractivity contribution < 1.29 is 4.39 Å². The van der Waals surface area contributed by atoms with Crippen molar-refractivity contribution in [1.29, 1.82) is 0 Å². The van der Waals surface area contributed by atoms with E-state index in [0.717, 1.165) is 10.1 Å². The van der Waals surface area contributed by atoms with Gasteiger partial charge in [-0.25, -0.2) is 4.39 Å². The zero-order valence-electron chi connectivity index (χ0n) is 5.84. The highest BCUT2D eigenvalue weighted by Gasteiger charge is 2.08. The standard InChI is InChI=1S/C8H4ClFS2/c9-7-5(10)3-6-4(8(7)11)1-2-12-6/h1-3,11H. The van der Waals surface area contributed by atoms with E-state index in [-0.39, 0.29) is 5.02 Å². The SMILES string of the molecule is Fc1cc2sccc2c(S)c1Cl. The Kier molecular flexibility index (Phi) is 2.02. The minimum absolute atomic E-state index is 0.101. The maximum Gasteiger partial charge on any atom is 0.144 e. The van der Waals surface area contributed by atoms with Gasteiger partial charge in [0.25, 0.3) is 0 Å². The molecular formula is C8H4ClFS2. The number of rotatable bonds is 0. The molecule has 0 fully saturated rings. The van der Waals surface area contributed by atoms with Gasteiger partial charge in [0.2, 0.25) is 0 Å². The maximum atomic E-state index is 13.0. The van der Waals surface area contributed by atoms with Crippen LogP contribution in [0.4, 0.5) is 4.39 Å². The summed E-state index contributed by atoms with van der Waals surface area (Å²) in [6.45, 7) is 0. The van der Waals surface area contributed by atoms with Gasteiger partial charge in [-0.2, -0.15) is 0 Å². The van der Waals surface area contributed by atoms with E-state index in [0.29, 0.717) is 4.90 Å². The van der Waals surface area contributed by atoms with Crippen molar-refractivity contribution >= 4 is 45.7 Å². The van der Waals surface area contributed by atoms with Crippen LogP contribution in [0.15, 0.2) is 22.4 Å². The predicted octanol–water partition coefficient (Wildman–Crippen LogP) is 3.98. The smallest absolute Gasteiger partial charge is 0.144 e. The van der Waals surface area contributed by atoms with E-state index < -0.39 is 5.82 Å². The van der Waals surface area contributed by atoms with Crippen molar-refractivity contribution in [2.45, 2.75) is 4.90 Å². The van der Waals surface area contributed by atoms with Crippen molar-refractivity contribution in [1.82, 2.24) is 0 Å². The van der Waals surface area contributed by atoms with Gasteiger partial charge in [0.1, 0.15) is 5.82 Å². The lowest BCUT2D eigenvalue weighted by molar-refractivity contribution is 0.627. The molecule has 0 N–H and O–H groups in total. The summed E-state index contributed by atoms with van der Waals surface area (Å²) in [5.74, 6) is -0.406. The molecule has 0 atom stereocenters. The van der Waals surface area contributed by atoms with E-state index in [9.17, 15) is 4.39 Å². The second-order valence-electron chi connectivity index (χ2n) is 2.35. The molecule has 0 aliphatic rings. The first-order valence-corrected chi connectivity index (χ1v) is 4.95. The van der Waals surface area contributed by atoms with Gasteiger partial charge < -0.3 is 0 Å². The number of hydrogen-bond donors (Lipinski definition) is 1. The normalized spacial score (nSPS) is 10.9. The molecule has 0 aliphatic carbocycles. The lowest BCUT2D eigenvalue weighted by Gasteiger charge is -1.99. The summed E-state index contributed by atoms with van der Waals surface area (Å²) in [4.78, 5) is 0.521. The Hall–Kier alpha value is -0.250. The third kappa shape index (κ3) is 1.13. The average Bonchev–Trinajstić information content (AvgIpc) is 2.48. The summed E-state index contributed by atoms with van der Waals surface area (Å²) in [5.41, 5.74) is 0. The minimum Gasteiger partial charge on any atom is -0.205 e. The molecule has 0 spiro atoms. The van der Waals surface area contributed by atoms with Gasteiger partial charge in [-0.15, -0.1) is 24.0 Å². The third-order valence-corrected chi connectivity index (χ3v) is 3.46. The average molecular weight is 219 g/mol. The number of benzene rings is 1. The van der Waals surface area contributed by atoms with Crippen LogP contribution in [0.1, 0.15) is 0 Å². The highest BCUT2D eigenvalue weighted by molar-refractivity contribution is 7.80. The van der Waals surface area contributed by atoms with Gasteiger partial charge in [0.05, 0.1) is 5.02 Å². The Balaban J connectivity index is 2.94. The molecular weight excluding hydrogens is 215 g/mol. The highest BCUT2D eigenvalue weighted by atomic mass is 35.5. The lowest BCUT2D eigenvalue weighted by Crippen LogP contribution is -1.78. The molecule has 0 bridgehead atoms. The van der Waals surface area contributed by atoms with Gasteiger partial charge in [-0.05, 0) is 17.5 Å².